The standard InChI is InChI=1S/C25H20ClN3O3/c26-21-12-5-4-11-20(21)22-16-27-24(32-22)14-13-23(30)28-18-9-6-10-19(15-18)29-25(31)17-7-2-1-3-8-17/h1-12,15-16H,13-14H2,(H,28,30)(H,29,31). The van der Waals surface area contributed by atoms with E-state index in [4.69, 9.17) is 16.0 Å². The number of halogens is 1. The summed E-state index contributed by atoms with van der Waals surface area (Å²) in [5.41, 5.74) is 2.49. The molecule has 0 unspecified atom stereocenters. The number of nitrogens with one attached hydrogen (secondary N) is 2. The molecule has 7 heteroatoms. The van der Waals surface area contributed by atoms with Gasteiger partial charge in [0.05, 0.1) is 11.2 Å². The molecule has 0 spiro atoms. The van der Waals surface area contributed by atoms with Crippen molar-refractivity contribution in [3.8, 4) is 11.3 Å². The van der Waals surface area contributed by atoms with Crippen LogP contribution in [0.3, 0.4) is 0 Å². The Morgan fingerprint density at radius 1 is 0.875 bits per heavy atom. The molecule has 2 N–H and O–H groups in total. The van der Waals surface area contributed by atoms with E-state index < -0.39 is 0 Å². The number of oxazole rings is 1. The van der Waals surface area contributed by atoms with Crippen LogP contribution in [0.15, 0.2) is 89.5 Å². The monoisotopic (exact) mass is 445 g/mol. The molecule has 1 aromatic heterocycles. The van der Waals surface area contributed by atoms with Crippen molar-refractivity contribution in [2.75, 3.05) is 10.6 Å². The van der Waals surface area contributed by atoms with Crippen molar-refractivity contribution < 1.29 is 14.0 Å². The lowest BCUT2D eigenvalue weighted by atomic mass is 10.2. The zero-order valence-electron chi connectivity index (χ0n) is 17.0. The van der Waals surface area contributed by atoms with E-state index in [9.17, 15) is 9.59 Å². The van der Waals surface area contributed by atoms with E-state index in [0.29, 0.717) is 40.0 Å². The lowest BCUT2D eigenvalue weighted by molar-refractivity contribution is -0.116. The van der Waals surface area contributed by atoms with Crippen LogP contribution in [0.2, 0.25) is 5.02 Å². The first kappa shape index (κ1) is 21.3. The molecule has 0 aliphatic rings. The van der Waals surface area contributed by atoms with Gasteiger partial charge in [0.2, 0.25) is 5.91 Å². The van der Waals surface area contributed by atoms with Gasteiger partial charge in [0.25, 0.3) is 5.91 Å². The number of amides is 2. The summed E-state index contributed by atoms with van der Waals surface area (Å²) in [5.74, 6) is 0.619. The molecule has 0 saturated heterocycles. The highest BCUT2D eigenvalue weighted by Gasteiger charge is 2.12. The molecule has 1 heterocycles. The Kier molecular flexibility index (Phi) is 6.63. The van der Waals surface area contributed by atoms with Crippen LogP contribution < -0.4 is 10.6 Å². The Labute approximate surface area is 190 Å². The molecule has 4 rings (SSSR count). The van der Waals surface area contributed by atoms with Crippen LogP contribution in [-0.2, 0) is 11.2 Å². The van der Waals surface area contributed by atoms with Gasteiger partial charge in [-0.05, 0) is 42.5 Å². The molecular formula is C25H20ClN3O3. The molecule has 0 aliphatic carbocycles. The quantitative estimate of drug-likeness (QED) is 0.375. The Balaban J connectivity index is 1.32. The summed E-state index contributed by atoms with van der Waals surface area (Å²) in [4.78, 5) is 28.9. The number of aromatic nitrogens is 1. The lowest BCUT2D eigenvalue weighted by Crippen LogP contribution is -2.14. The maximum atomic E-state index is 12.4. The van der Waals surface area contributed by atoms with Crippen LogP contribution in [0, 0.1) is 0 Å². The average molecular weight is 446 g/mol. The summed E-state index contributed by atoms with van der Waals surface area (Å²) in [6.07, 6.45) is 2.15. The molecule has 160 valence electrons. The van der Waals surface area contributed by atoms with Crippen molar-refractivity contribution in [1.29, 1.82) is 0 Å². The zero-order valence-corrected chi connectivity index (χ0v) is 17.8. The fourth-order valence-electron chi connectivity index (χ4n) is 3.12. The molecule has 6 nitrogen and oxygen atoms in total. The predicted molar refractivity (Wildman–Crippen MR) is 125 cm³/mol. The van der Waals surface area contributed by atoms with Crippen LogP contribution >= 0.6 is 11.6 Å². The lowest BCUT2D eigenvalue weighted by Gasteiger charge is -2.09. The number of carbonyl (C=O) groups is 2. The molecule has 0 aliphatic heterocycles. The Bertz CT molecular complexity index is 1240. The number of anilines is 2. The highest BCUT2D eigenvalue weighted by atomic mass is 35.5. The van der Waals surface area contributed by atoms with Crippen LogP contribution in [0.25, 0.3) is 11.3 Å². The van der Waals surface area contributed by atoms with Crippen molar-refractivity contribution in [2.24, 2.45) is 0 Å². The van der Waals surface area contributed by atoms with Crippen LogP contribution in [0.5, 0.6) is 0 Å². The van der Waals surface area contributed by atoms with Gasteiger partial charge in [0.1, 0.15) is 0 Å². The molecule has 0 fully saturated rings. The summed E-state index contributed by atoms with van der Waals surface area (Å²) in [6.45, 7) is 0. The van der Waals surface area contributed by atoms with Crippen molar-refractivity contribution in [3.63, 3.8) is 0 Å². The second-order valence-electron chi connectivity index (χ2n) is 7.05. The largest absolute Gasteiger partial charge is 0.441 e. The number of benzene rings is 3. The van der Waals surface area contributed by atoms with Gasteiger partial charge in [-0.2, -0.15) is 0 Å². The van der Waals surface area contributed by atoms with E-state index in [2.05, 4.69) is 15.6 Å². The number of nitrogens with zero attached hydrogens (tertiary/aromatic N) is 1. The zero-order chi connectivity index (χ0) is 22.3. The van der Waals surface area contributed by atoms with Crippen LogP contribution in [0.1, 0.15) is 22.7 Å². The third-order valence-electron chi connectivity index (χ3n) is 4.70. The van der Waals surface area contributed by atoms with Gasteiger partial charge >= 0.3 is 0 Å². The highest BCUT2D eigenvalue weighted by molar-refractivity contribution is 6.33. The second kappa shape index (κ2) is 9.94. The maximum Gasteiger partial charge on any atom is 0.255 e. The summed E-state index contributed by atoms with van der Waals surface area (Å²) < 4.78 is 5.73. The first-order chi connectivity index (χ1) is 15.6. The van der Waals surface area contributed by atoms with E-state index in [1.54, 1.807) is 60.8 Å². The number of carbonyl (C=O) groups excluding carboxylic acids is 2. The van der Waals surface area contributed by atoms with E-state index >= 15 is 0 Å². The molecule has 0 radical (unpaired) electrons. The smallest absolute Gasteiger partial charge is 0.255 e. The Morgan fingerprint density at radius 3 is 2.38 bits per heavy atom. The molecule has 0 bridgehead atoms. The Hall–Kier alpha value is -3.90. The molecule has 2 amide bonds. The van der Waals surface area contributed by atoms with E-state index in [0.717, 1.165) is 5.56 Å². The molecule has 32 heavy (non-hydrogen) atoms. The van der Waals surface area contributed by atoms with E-state index in [1.807, 2.05) is 24.3 Å². The minimum absolute atomic E-state index is 0.186. The first-order valence-corrected chi connectivity index (χ1v) is 10.4. The fourth-order valence-corrected chi connectivity index (χ4v) is 3.35. The van der Waals surface area contributed by atoms with Crippen molar-refractivity contribution in [3.05, 3.63) is 102 Å². The summed E-state index contributed by atoms with van der Waals surface area (Å²) in [6, 6.07) is 23.3. The SMILES string of the molecule is O=C(CCc1ncc(-c2ccccc2Cl)o1)Nc1cccc(NC(=O)c2ccccc2)c1. The third-order valence-corrected chi connectivity index (χ3v) is 5.03. The van der Waals surface area contributed by atoms with Gasteiger partial charge in [-0.1, -0.05) is 48.0 Å². The summed E-state index contributed by atoms with van der Waals surface area (Å²) >= 11 is 6.19. The van der Waals surface area contributed by atoms with Crippen molar-refractivity contribution >= 4 is 34.8 Å². The summed E-state index contributed by atoms with van der Waals surface area (Å²) in [5, 5.41) is 6.24. The van der Waals surface area contributed by atoms with Crippen LogP contribution in [0.4, 0.5) is 11.4 Å². The van der Waals surface area contributed by atoms with Gasteiger partial charge in [-0.15, -0.1) is 0 Å². The first-order valence-electron chi connectivity index (χ1n) is 10.0. The normalized spacial score (nSPS) is 10.5. The van der Waals surface area contributed by atoms with E-state index in [1.165, 1.54) is 0 Å². The number of hydrogen-bond acceptors (Lipinski definition) is 4. The van der Waals surface area contributed by atoms with Crippen molar-refractivity contribution in [1.82, 2.24) is 4.98 Å². The molecular weight excluding hydrogens is 426 g/mol. The fraction of sp³-hybridized carbons (Fsp3) is 0.0800. The Morgan fingerprint density at radius 2 is 1.59 bits per heavy atom. The van der Waals surface area contributed by atoms with Crippen LogP contribution in [-0.4, -0.2) is 16.8 Å². The average Bonchev–Trinajstić information content (AvgIpc) is 3.28. The molecule has 3 aromatic carbocycles. The topological polar surface area (TPSA) is 84.2 Å². The molecule has 4 aromatic rings. The number of rotatable bonds is 7. The summed E-state index contributed by atoms with van der Waals surface area (Å²) in [7, 11) is 0. The van der Waals surface area contributed by atoms with Gasteiger partial charge in [0.15, 0.2) is 11.7 Å². The highest BCUT2D eigenvalue weighted by Crippen LogP contribution is 2.28. The van der Waals surface area contributed by atoms with Gasteiger partial charge < -0.3 is 15.1 Å². The minimum atomic E-state index is -0.215. The minimum Gasteiger partial charge on any atom is -0.441 e. The number of aryl methyl sites for hydroxylation is 1. The van der Waals surface area contributed by atoms with E-state index in [-0.39, 0.29) is 18.2 Å². The number of hydrogen-bond donors (Lipinski definition) is 2. The maximum absolute atomic E-state index is 12.4. The van der Waals surface area contributed by atoms with Gasteiger partial charge in [-0.3, -0.25) is 9.59 Å². The third kappa shape index (κ3) is 5.42. The molecule has 0 atom stereocenters. The predicted octanol–water partition coefficient (Wildman–Crippen LogP) is 5.82. The van der Waals surface area contributed by atoms with Gasteiger partial charge in [-0.25, -0.2) is 4.98 Å². The van der Waals surface area contributed by atoms with Gasteiger partial charge in [0, 0.05) is 35.3 Å². The molecule has 0 saturated carbocycles. The second-order valence-corrected chi connectivity index (χ2v) is 7.45. The van der Waals surface area contributed by atoms with Crippen molar-refractivity contribution in [2.45, 2.75) is 12.8 Å².